The maximum Gasteiger partial charge on any atom is 0.306 e. The summed E-state index contributed by atoms with van der Waals surface area (Å²) in [4.78, 5) is 38.4. The highest BCUT2D eigenvalue weighted by molar-refractivity contribution is 5.71. The Balaban J connectivity index is 4.06. The summed E-state index contributed by atoms with van der Waals surface area (Å²) in [5, 5.41) is 0. The first-order valence-electron chi connectivity index (χ1n) is 38.2. The minimum absolute atomic E-state index is 0.0658. The fourth-order valence-corrected chi connectivity index (χ4v) is 12.0. The van der Waals surface area contributed by atoms with Crippen LogP contribution in [0.5, 0.6) is 0 Å². The Morgan fingerprint density at radius 2 is 0.422 bits per heavy atom. The number of ether oxygens (including phenoxy) is 3. The van der Waals surface area contributed by atoms with Crippen LogP contribution in [0, 0.1) is 0 Å². The average Bonchev–Trinajstić information content (AvgIpc) is 3.48. The Hall–Kier alpha value is -1.85. The van der Waals surface area contributed by atoms with Gasteiger partial charge in [-0.2, -0.15) is 0 Å². The van der Waals surface area contributed by atoms with E-state index in [2.05, 4.69) is 32.9 Å². The third-order valence-electron chi connectivity index (χ3n) is 17.8. The van der Waals surface area contributed by atoms with Gasteiger partial charge in [0.2, 0.25) is 0 Å². The molecule has 0 amide bonds. The Bertz CT molecular complexity index is 1300. The summed E-state index contributed by atoms with van der Waals surface area (Å²) in [6.07, 6.45) is 88.6. The summed E-state index contributed by atoms with van der Waals surface area (Å²) in [6, 6.07) is 0. The lowest BCUT2D eigenvalue weighted by Gasteiger charge is -2.18. The molecule has 6 nitrogen and oxygen atoms in total. The molecule has 0 bridgehead atoms. The first-order chi connectivity index (χ1) is 41.0. The highest BCUT2D eigenvalue weighted by Gasteiger charge is 2.20. The fraction of sp³-hybridized carbons (Fsp3) is 0.935. The van der Waals surface area contributed by atoms with Crippen molar-refractivity contribution in [1.82, 2.24) is 0 Å². The van der Waals surface area contributed by atoms with Crippen molar-refractivity contribution in [1.29, 1.82) is 0 Å². The van der Waals surface area contributed by atoms with Gasteiger partial charge in [-0.25, -0.2) is 0 Å². The number of hydrogen-bond acceptors (Lipinski definition) is 6. The second-order valence-corrected chi connectivity index (χ2v) is 26.3. The van der Waals surface area contributed by atoms with E-state index >= 15 is 0 Å². The first kappa shape index (κ1) is 81.2. The number of carbonyl (C=O) groups excluding carboxylic acids is 3. The van der Waals surface area contributed by atoms with Crippen molar-refractivity contribution >= 4 is 17.9 Å². The maximum absolute atomic E-state index is 13.0. The van der Waals surface area contributed by atoms with E-state index in [0.29, 0.717) is 19.3 Å². The van der Waals surface area contributed by atoms with Crippen molar-refractivity contribution in [2.75, 3.05) is 13.2 Å². The molecule has 0 radical (unpaired) electrons. The molecule has 0 aromatic carbocycles. The van der Waals surface area contributed by atoms with E-state index in [1.54, 1.807) is 0 Å². The number of unbranched alkanes of at least 4 members (excludes halogenated alkanes) is 59. The zero-order valence-corrected chi connectivity index (χ0v) is 56.8. The van der Waals surface area contributed by atoms with Gasteiger partial charge < -0.3 is 14.2 Å². The largest absolute Gasteiger partial charge is 0.462 e. The highest BCUT2D eigenvalue weighted by atomic mass is 16.6. The van der Waals surface area contributed by atoms with Crippen molar-refractivity contribution in [2.45, 2.75) is 451 Å². The van der Waals surface area contributed by atoms with Crippen molar-refractivity contribution < 1.29 is 28.6 Å². The number of esters is 3. The van der Waals surface area contributed by atoms with Crippen LogP contribution in [0.4, 0.5) is 0 Å². The molecule has 0 saturated carbocycles. The molecule has 492 valence electrons. The molecule has 83 heavy (non-hydrogen) atoms. The summed E-state index contributed by atoms with van der Waals surface area (Å²) >= 11 is 0. The minimum Gasteiger partial charge on any atom is -0.462 e. The summed E-state index contributed by atoms with van der Waals surface area (Å²) in [5.74, 6) is -0.841. The number of allylic oxidation sites excluding steroid dienone is 2. The van der Waals surface area contributed by atoms with E-state index in [1.165, 1.54) is 334 Å². The van der Waals surface area contributed by atoms with E-state index in [9.17, 15) is 14.4 Å². The third kappa shape index (κ3) is 70.8. The number of rotatable bonds is 72. The van der Waals surface area contributed by atoms with Crippen molar-refractivity contribution in [3.63, 3.8) is 0 Å². The van der Waals surface area contributed by atoms with Gasteiger partial charge in [-0.1, -0.05) is 399 Å². The summed E-state index contributed by atoms with van der Waals surface area (Å²) in [7, 11) is 0. The predicted octanol–water partition coefficient (Wildman–Crippen LogP) is 26.3. The Morgan fingerprint density at radius 3 is 0.651 bits per heavy atom. The Morgan fingerprint density at radius 1 is 0.229 bits per heavy atom. The zero-order valence-electron chi connectivity index (χ0n) is 56.8. The van der Waals surface area contributed by atoms with Crippen LogP contribution in [0.25, 0.3) is 0 Å². The van der Waals surface area contributed by atoms with Gasteiger partial charge in [0.05, 0.1) is 0 Å². The van der Waals surface area contributed by atoms with Crippen LogP contribution < -0.4 is 0 Å². The van der Waals surface area contributed by atoms with Crippen LogP contribution in [0.3, 0.4) is 0 Å². The monoisotopic (exact) mass is 1170 g/mol. The molecule has 1 unspecified atom stereocenters. The molecule has 0 spiro atoms. The fourth-order valence-electron chi connectivity index (χ4n) is 12.0. The highest BCUT2D eigenvalue weighted by Crippen LogP contribution is 2.20. The molecule has 0 N–H and O–H groups in total. The van der Waals surface area contributed by atoms with Gasteiger partial charge in [-0.3, -0.25) is 14.4 Å². The minimum atomic E-state index is -0.770. The molecular weight excluding hydrogens is 1020 g/mol. The lowest BCUT2D eigenvalue weighted by molar-refractivity contribution is -0.167. The van der Waals surface area contributed by atoms with E-state index < -0.39 is 6.10 Å². The smallest absolute Gasteiger partial charge is 0.306 e. The molecule has 0 aliphatic heterocycles. The molecular formula is C77H148O6. The Kier molecular flexibility index (Phi) is 71.0. The molecule has 0 aromatic rings. The van der Waals surface area contributed by atoms with E-state index in [0.717, 1.165) is 70.6 Å². The van der Waals surface area contributed by atoms with E-state index in [-0.39, 0.29) is 31.1 Å². The molecule has 6 heteroatoms. The molecule has 0 aromatic heterocycles. The van der Waals surface area contributed by atoms with E-state index in [4.69, 9.17) is 14.2 Å². The molecule has 0 aliphatic carbocycles. The van der Waals surface area contributed by atoms with Gasteiger partial charge in [0.15, 0.2) is 6.10 Å². The van der Waals surface area contributed by atoms with Gasteiger partial charge in [0.1, 0.15) is 13.2 Å². The second kappa shape index (κ2) is 72.6. The van der Waals surface area contributed by atoms with Gasteiger partial charge in [-0.05, 0) is 38.5 Å². The molecule has 0 fully saturated rings. The van der Waals surface area contributed by atoms with Crippen LogP contribution in [0.1, 0.15) is 445 Å². The van der Waals surface area contributed by atoms with Crippen molar-refractivity contribution in [2.24, 2.45) is 0 Å². The van der Waals surface area contributed by atoms with Crippen LogP contribution in [0.2, 0.25) is 0 Å². The molecule has 1 atom stereocenters. The standard InChI is InChI=1S/C77H148O6/c1-4-7-10-13-16-19-22-24-26-28-30-32-34-36-38-40-41-43-45-47-49-51-53-55-58-61-64-67-70-76(79)82-73-74(72-81-75(78)69-66-63-60-57-21-18-15-12-9-6-3)83-77(80)71-68-65-62-59-56-54-52-50-48-46-44-42-39-37-35-33-31-29-27-25-23-20-17-14-11-8-5-2/h12,15,74H,4-11,13-14,16-73H2,1-3H3/b15-12-. The lowest BCUT2D eigenvalue weighted by atomic mass is 10.0. The molecule has 0 heterocycles. The van der Waals surface area contributed by atoms with Gasteiger partial charge >= 0.3 is 17.9 Å². The van der Waals surface area contributed by atoms with E-state index in [1.807, 2.05) is 0 Å². The number of carbonyl (C=O) groups is 3. The summed E-state index contributed by atoms with van der Waals surface area (Å²) in [5.41, 5.74) is 0. The van der Waals surface area contributed by atoms with Crippen LogP contribution in [-0.2, 0) is 28.6 Å². The molecule has 0 aliphatic rings. The van der Waals surface area contributed by atoms with Crippen LogP contribution >= 0.6 is 0 Å². The van der Waals surface area contributed by atoms with Crippen molar-refractivity contribution in [3.8, 4) is 0 Å². The third-order valence-corrected chi connectivity index (χ3v) is 17.8. The van der Waals surface area contributed by atoms with Crippen LogP contribution in [0.15, 0.2) is 12.2 Å². The zero-order chi connectivity index (χ0) is 59.9. The maximum atomic E-state index is 13.0. The Labute approximate surface area is 520 Å². The quantitative estimate of drug-likeness (QED) is 0.0261. The normalized spacial score (nSPS) is 12.0. The SMILES string of the molecule is CCC/C=C\CCCCCCCC(=O)OCC(COC(=O)CCCCCCCCCCCCCCCCCCCCCCCCCCCCCC)OC(=O)CCCCCCCCCCCCCCCCCCCCCCCCCCCCC. The second-order valence-electron chi connectivity index (χ2n) is 26.3. The topological polar surface area (TPSA) is 78.9 Å². The van der Waals surface area contributed by atoms with Gasteiger partial charge in [0, 0.05) is 19.3 Å². The van der Waals surface area contributed by atoms with Crippen molar-refractivity contribution in [3.05, 3.63) is 12.2 Å². The predicted molar refractivity (Wildman–Crippen MR) is 363 cm³/mol. The summed E-state index contributed by atoms with van der Waals surface area (Å²) < 4.78 is 17.0. The van der Waals surface area contributed by atoms with Crippen LogP contribution in [-0.4, -0.2) is 37.2 Å². The lowest BCUT2D eigenvalue weighted by Crippen LogP contribution is -2.30. The van der Waals surface area contributed by atoms with Gasteiger partial charge in [0.25, 0.3) is 0 Å². The molecule has 0 rings (SSSR count). The van der Waals surface area contributed by atoms with Gasteiger partial charge in [-0.15, -0.1) is 0 Å². The summed E-state index contributed by atoms with van der Waals surface area (Å²) in [6.45, 7) is 6.67. The number of hydrogen-bond donors (Lipinski definition) is 0. The molecule has 0 saturated heterocycles. The first-order valence-corrected chi connectivity index (χ1v) is 38.2. The average molecular weight is 1170 g/mol.